The number of fused-ring (bicyclic) bond motifs is 1. The first-order valence-corrected chi connectivity index (χ1v) is 11.0. The summed E-state index contributed by atoms with van der Waals surface area (Å²) in [6.07, 6.45) is 3.12. The molecule has 1 aliphatic heterocycles. The van der Waals surface area contributed by atoms with E-state index in [2.05, 4.69) is 40.8 Å². The standard InChI is InChI=1S/C21H26N6O2S/c1-12-17(13(2)28)30-18(24-12)14-6-8-26(9-7-14)19(29)15-10-16(21(3,4)5)27-20(25-15)22-11-23-27/h10-11,14H,6-9H2,1-5H3. The second-order valence-electron chi connectivity index (χ2n) is 8.84. The number of piperidine rings is 1. The van der Waals surface area contributed by atoms with Gasteiger partial charge in [0.2, 0.25) is 0 Å². The maximum absolute atomic E-state index is 13.2. The van der Waals surface area contributed by atoms with Crippen molar-refractivity contribution in [3.05, 3.63) is 39.4 Å². The zero-order valence-electron chi connectivity index (χ0n) is 18.0. The third kappa shape index (κ3) is 3.74. The predicted octanol–water partition coefficient (Wildman–Crippen LogP) is 3.41. The van der Waals surface area contributed by atoms with Crippen LogP contribution in [0.2, 0.25) is 0 Å². The van der Waals surface area contributed by atoms with Crippen molar-refractivity contribution in [2.24, 2.45) is 0 Å². The van der Waals surface area contributed by atoms with Crippen LogP contribution in [0.25, 0.3) is 5.78 Å². The van der Waals surface area contributed by atoms with E-state index in [9.17, 15) is 9.59 Å². The maximum Gasteiger partial charge on any atom is 0.272 e. The Kier molecular flexibility index (Phi) is 5.17. The highest BCUT2D eigenvalue weighted by Crippen LogP contribution is 2.33. The van der Waals surface area contributed by atoms with Crippen molar-refractivity contribution in [2.75, 3.05) is 13.1 Å². The first kappa shape index (κ1) is 20.6. The molecule has 0 radical (unpaired) electrons. The molecule has 30 heavy (non-hydrogen) atoms. The number of rotatable bonds is 3. The van der Waals surface area contributed by atoms with E-state index in [0.717, 1.165) is 34.1 Å². The van der Waals surface area contributed by atoms with E-state index in [1.54, 1.807) is 11.4 Å². The molecule has 8 nitrogen and oxygen atoms in total. The lowest BCUT2D eigenvalue weighted by Gasteiger charge is -2.31. The van der Waals surface area contributed by atoms with Gasteiger partial charge in [0.1, 0.15) is 12.0 Å². The summed E-state index contributed by atoms with van der Waals surface area (Å²) in [7, 11) is 0. The van der Waals surface area contributed by atoms with Crippen LogP contribution in [-0.4, -0.2) is 54.2 Å². The van der Waals surface area contributed by atoms with E-state index in [-0.39, 0.29) is 23.0 Å². The van der Waals surface area contributed by atoms with Crippen LogP contribution < -0.4 is 0 Å². The molecule has 3 aromatic rings. The molecule has 0 aliphatic carbocycles. The lowest BCUT2D eigenvalue weighted by molar-refractivity contribution is 0.0706. The van der Waals surface area contributed by atoms with Gasteiger partial charge in [-0.3, -0.25) is 9.59 Å². The number of hydrogen-bond donors (Lipinski definition) is 0. The van der Waals surface area contributed by atoms with Crippen LogP contribution in [0, 0.1) is 6.92 Å². The molecule has 0 aromatic carbocycles. The number of nitrogens with zero attached hydrogens (tertiary/aromatic N) is 6. The first-order chi connectivity index (χ1) is 14.1. The highest BCUT2D eigenvalue weighted by molar-refractivity contribution is 7.13. The van der Waals surface area contributed by atoms with Crippen molar-refractivity contribution in [1.29, 1.82) is 0 Å². The van der Waals surface area contributed by atoms with Gasteiger partial charge in [-0.1, -0.05) is 20.8 Å². The summed E-state index contributed by atoms with van der Waals surface area (Å²) in [5, 5.41) is 5.25. The van der Waals surface area contributed by atoms with Crippen LogP contribution in [-0.2, 0) is 5.41 Å². The van der Waals surface area contributed by atoms with E-state index < -0.39 is 0 Å². The monoisotopic (exact) mass is 426 g/mol. The highest BCUT2D eigenvalue weighted by atomic mass is 32.1. The van der Waals surface area contributed by atoms with Crippen LogP contribution in [0.3, 0.4) is 0 Å². The number of likely N-dealkylation sites (tertiary alicyclic amines) is 1. The Hall–Kier alpha value is -2.68. The number of carbonyl (C=O) groups is 2. The molecule has 4 rings (SSSR count). The van der Waals surface area contributed by atoms with E-state index in [1.165, 1.54) is 17.7 Å². The molecule has 1 saturated heterocycles. The molecular weight excluding hydrogens is 400 g/mol. The normalized spacial score (nSPS) is 15.7. The van der Waals surface area contributed by atoms with E-state index in [1.807, 2.05) is 17.9 Å². The molecule has 0 N–H and O–H groups in total. The van der Waals surface area contributed by atoms with Gasteiger partial charge in [-0.25, -0.2) is 14.5 Å². The Morgan fingerprint density at radius 2 is 1.87 bits per heavy atom. The fourth-order valence-electron chi connectivity index (χ4n) is 3.87. The van der Waals surface area contributed by atoms with Crippen molar-refractivity contribution in [2.45, 2.75) is 58.8 Å². The molecule has 0 unspecified atom stereocenters. The Morgan fingerprint density at radius 3 is 2.47 bits per heavy atom. The Morgan fingerprint density at radius 1 is 1.17 bits per heavy atom. The Labute approximate surface area is 179 Å². The minimum Gasteiger partial charge on any atom is -0.337 e. The molecule has 1 aliphatic rings. The number of aromatic nitrogens is 5. The number of amides is 1. The molecule has 0 saturated carbocycles. The molecule has 3 aromatic heterocycles. The first-order valence-electron chi connectivity index (χ1n) is 10.1. The number of aryl methyl sites for hydroxylation is 1. The predicted molar refractivity (Wildman–Crippen MR) is 114 cm³/mol. The second-order valence-corrected chi connectivity index (χ2v) is 9.87. The summed E-state index contributed by atoms with van der Waals surface area (Å²) in [6, 6.07) is 1.83. The average Bonchev–Trinajstić information content (AvgIpc) is 3.32. The lowest BCUT2D eigenvalue weighted by Crippen LogP contribution is -2.38. The van der Waals surface area contributed by atoms with E-state index >= 15 is 0 Å². The van der Waals surface area contributed by atoms with Gasteiger partial charge in [0.15, 0.2) is 5.78 Å². The Balaban J connectivity index is 1.52. The Bertz CT molecular complexity index is 1120. The van der Waals surface area contributed by atoms with Gasteiger partial charge in [-0.05, 0) is 25.8 Å². The highest BCUT2D eigenvalue weighted by Gasteiger charge is 2.29. The maximum atomic E-state index is 13.2. The largest absolute Gasteiger partial charge is 0.337 e. The van der Waals surface area contributed by atoms with Crippen LogP contribution in [0.5, 0.6) is 0 Å². The topological polar surface area (TPSA) is 93.4 Å². The van der Waals surface area contributed by atoms with Gasteiger partial charge in [0.05, 0.1) is 21.3 Å². The van der Waals surface area contributed by atoms with Gasteiger partial charge < -0.3 is 4.90 Å². The summed E-state index contributed by atoms with van der Waals surface area (Å²) < 4.78 is 1.69. The molecule has 1 amide bonds. The SMILES string of the molecule is CC(=O)c1sc(C2CCN(C(=O)c3cc(C(C)(C)C)n4ncnc4n3)CC2)nc1C. The molecular formula is C21H26N6O2S. The minimum absolute atomic E-state index is 0.0634. The molecule has 4 heterocycles. The van der Waals surface area contributed by atoms with Crippen LogP contribution in [0.1, 0.15) is 83.0 Å². The summed E-state index contributed by atoms with van der Waals surface area (Å²) >= 11 is 1.49. The van der Waals surface area contributed by atoms with Crippen LogP contribution in [0.15, 0.2) is 12.4 Å². The van der Waals surface area contributed by atoms with Gasteiger partial charge in [0, 0.05) is 31.3 Å². The van der Waals surface area contributed by atoms with Crippen molar-refractivity contribution in [1.82, 2.24) is 29.5 Å². The lowest BCUT2D eigenvalue weighted by atomic mass is 9.91. The number of thiazole rings is 1. The molecule has 158 valence electrons. The summed E-state index contributed by atoms with van der Waals surface area (Å²) in [6.45, 7) is 11.0. The molecule has 0 spiro atoms. The van der Waals surface area contributed by atoms with Crippen molar-refractivity contribution < 1.29 is 9.59 Å². The van der Waals surface area contributed by atoms with Crippen molar-refractivity contribution >= 4 is 28.8 Å². The molecule has 9 heteroatoms. The second kappa shape index (κ2) is 7.54. The zero-order valence-corrected chi connectivity index (χ0v) is 18.8. The zero-order chi connectivity index (χ0) is 21.6. The molecule has 0 bridgehead atoms. The van der Waals surface area contributed by atoms with E-state index in [4.69, 9.17) is 0 Å². The smallest absolute Gasteiger partial charge is 0.272 e. The molecule has 1 fully saturated rings. The number of Topliss-reactive ketones (excluding diaryl/α,β-unsaturated/α-hetero) is 1. The number of ketones is 1. The van der Waals surface area contributed by atoms with Gasteiger partial charge in [0.25, 0.3) is 11.7 Å². The number of carbonyl (C=O) groups excluding carboxylic acids is 2. The van der Waals surface area contributed by atoms with Gasteiger partial charge in [-0.2, -0.15) is 10.1 Å². The van der Waals surface area contributed by atoms with Crippen molar-refractivity contribution in [3.8, 4) is 0 Å². The summed E-state index contributed by atoms with van der Waals surface area (Å²) in [5.41, 5.74) is 1.91. The third-order valence-corrected chi connectivity index (χ3v) is 6.92. The van der Waals surface area contributed by atoms with Crippen LogP contribution >= 0.6 is 11.3 Å². The van der Waals surface area contributed by atoms with Crippen LogP contribution in [0.4, 0.5) is 0 Å². The minimum atomic E-state index is -0.200. The summed E-state index contributed by atoms with van der Waals surface area (Å²) in [5.74, 6) is 0.705. The van der Waals surface area contributed by atoms with E-state index in [0.29, 0.717) is 24.6 Å². The average molecular weight is 427 g/mol. The van der Waals surface area contributed by atoms with Gasteiger partial charge >= 0.3 is 0 Å². The fourth-order valence-corrected chi connectivity index (χ4v) is 5.00. The quantitative estimate of drug-likeness (QED) is 0.596. The van der Waals surface area contributed by atoms with Gasteiger partial charge in [-0.15, -0.1) is 11.3 Å². The van der Waals surface area contributed by atoms with Crippen molar-refractivity contribution in [3.63, 3.8) is 0 Å². The molecule has 0 atom stereocenters. The number of hydrogen-bond acceptors (Lipinski definition) is 7. The third-order valence-electron chi connectivity index (χ3n) is 5.50. The fraction of sp³-hybridized carbons (Fsp3) is 0.524. The summed E-state index contributed by atoms with van der Waals surface area (Å²) in [4.78, 5) is 40.8.